The number of hydrazone groups is 1. The Morgan fingerprint density at radius 3 is 2.12 bits per heavy atom. The van der Waals surface area contributed by atoms with Gasteiger partial charge in [-0.3, -0.25) is 4.79 Å². The summed E-state index contributed by atoms with van der Waals surface area (Å²) in [4.78, 5) is 25.1. The summed E-state index contributed by atoms with van der Waals surface area (Å²) in [5.41, 5.74) is 6.23. The molecule has 4 rings (SSSR count). The van der Waals surface area contributed by atoms with Crippen LogP contribution in [0.2, 0.25) is 0 Å². The Bertz CT molecular complexity index is 1480. The van der Waals surface area contributed by atoms with Crippen molar-refractivity contribution in [3.63, 3.8) is 0 Å². The second-order valence-corrected chi connectivity index (χ2v) is 9.17. The molecule has 0 radical (unpaired) electrons. The monoisotopic (exact) mass is 552 g/mol. The van der Waals surface area contributed by atoms with E-state index in [4.69, 9.17) is 18.9 Å². The van der Waals surface area contributed by atoms with Gasteiger partial charge in [0.1, 0.15) is 18.1 Å². The van der Waals surface area contributed by atoms with E-state index in [0.717, 1.165) is 12.0 Å². The molecule has 0 fully saturated rings. The molecule has 0 atom stereocenters. The van der Waals surface area contributed by atoms with E-state index in [-0.39, 0.29) is 11.7 Å². The Hall–Kier alpha value is -5.11. The van der Waals surface area contributed by atoms with Gasteiger partial charge in [0.25, 0.3) is 5.91 Å². The van der Waals surface area contributed by atoms with Crippen molar-refractivity contribution in [2.45, 2.75) is 26.9 Å². The number of ether oxygens (including phenoxy) is 4. The zero-order valence-corrected chi connectivity index (χ0v) is 23.3. The van der Waals surface area contributed by atoms with Gasteiger partial charge in [-0.05, 0) is 91.2 Å². The molecule has 41 heavy (non-hydrogen) atoms. The summed E-state index contributed by atoms with van der Waals surface area (Å²) in [6.45, 7) is 5.12. The first-order chi connectivity index (χ1) is 19.9. The lowest BCUT2D eigenvalue weighted by Gasteiger charge is -2.10. The van der Waals surface area contributed by atoms with Crippen LogP contribution in [0.3, 0.4) is 0 Å². The van der Waals surface area contributed by atoms with E-state index >= 15 is 0 Å². The number of esters is 1. The van der Waals surface area contributed by atoms with Crippen molar-refractivity contribution in [2.24, 2.45) is 5.10 Å². The van der Waals surface area contributed by atoms with Crippen molar-refractivity contribution in [3.8, 4) is 23.0 Å². The van der Waals surface area contributed by atoms with Gasteiger partial charge in [0.15, 0.2) is 11.5 Å². The topological polar surface area (TPSA) is 95.5 Å². The van der Waals surface area contributed by atoms with E-state index in [1.54, 1.807) is 66.7 Å². The van der Waals surface area contributed by atoms with Crippen LogP contribution in [0.4, 0.5) is 0 Å². The lowest BCUT2D eigenvalue weighted by atomic mass is 10.2. The van der Waals surface area contributed by atoms with Crippen LogP contribution in [0.15, 0.2) is 96.1 Å². The number of carbonyl (C=O) groups excluding carboxylic acids is 2. The van der Waals surface area contributed by atoms with Gasteiger partial charge >= 0.3 is 5.97 Å². The minimum absolute atomic E-state index is 0.259. The molecule has 0 aliphatic heterocycles. The Labute approximate surface area is 239 Å². The first-order valence-electron chi connectivity index (χ1n) is 13.2. The first kappa shape index (κ1) is 28.9. The molecule has 0 spiro atoms. The van der Waals surface area contributed by atoms with E-state index < -0.39 is 5.97 Å². The predicted molar refractivity (Wildman–Crippen MR) is 157 cm³/mol. The third-order valence-electron chi connectivity index (χ3n) is 5.98. The summed E-state index contributed by atoms with van der Waals surface area (Å²) in [6.07, 6.45) is 2.37. The Morgan fingerprint density at radius 1 is 0.805 bits per heavy atom. The molecule has 0 saturated carbocycles. The smallest absolute Gasteiger partial charge is 0.343 e. The number of hydrogen-bond donors (Lipinski definition) is 1. The average Bonchev–Trinajstić information content (AvgIpc) is 3.00. The maximum absolute atomic E-state index is 12.6. The second-order valence-electron chi connectivity index (χ2n) is 9.17. The quantitative estimate of drug-likeness (QED) is 0.0952. The van der Waals surface area contributed by atoms with Crippen molar-refractivity contribution in [2.75, 3.05) is 13.7 Å². The van der Waals surface area contributed by atoms with Gasteiger partial charge in [-0.2, -0.15) is 5.10 Å². The molecular formula is C33H32N2O6. The molecule has 0 bridgehead atoms. The Balaban J connectivity index is 1.30. The largest absolute Gasteiger partial charge is 0.494 e. The van der Waals surface area contributed by atoms with Crippen LogP contribution in [0, 0.1) is 6.92 Å². The number of aryl methyl sites for hydroxylation is 1. The number of rotatable bonds is 12. The van der Waals surface area contributed by atoms with E-state index in [1.165, 1.54) is 18.9 Å². The van der Waals surface area contributed by atoms with Crippen LogP contribution in [0.5, 0.6) is 23.0 Å². The summed E-state index contributed by atoms with van der Waals surface area (Å²) in [5, 5.41) is 4.04. The molecule has 0 aromatic heterocycles. The number of methoxy groups -OCH3 is 1. The lowest BCUT2D eigenvalue weighted by Crippen LogP contribution is -2.17. The minimum atomic E-state index is -0.523. The number of amides is 1. The third-order valence-corrected chi connectivity index (χ3v) is 5.98. The van der Waals surface area contributed by atoms with E-state index in [1.807, 2.05) is 38.1 Å². The third kappa shape index (κ3) is 8.44. The Kier molecular flexibility index (Phi) is 10.1. The summed E-state index contributed by atoms with van der Waals surface area (Å²) >= 11 is 0. The molecule has 0 aliphatic carbocycles. The fraction of sp³-hybridized carbons (Fsp3) is 0.182. The highest BCUT2D eigenvalue weighted by molar-refractivity contribution is 5.95. The van der Waals surface area contributed by atoms with Crippen LogP contribution >= 0.6 is 0 Å². The van der Waals surface area contributed by atoms with Gasteiger partial charge in [-0.1, -0.05) is 36.8 Å². The molecule has 210 valence electrons. The molecule has 0 aliphatic rings. The number of nitrogens with one attached hydrogen (secondary N) is 1. The molecule has 8 heteroatoms. The van der Waals surface area contributed by atoms with Crippen LogP contribution in [0.25, 0.3) is 0 Å². The number of benzene rings is 4. The highest BCUT2D eigenvalue weighted by Crippen LogP contribution is 2.28. The highest BCUT2D eigenvalue weighted by Gasteiger charge is 2.13. The first-order valence-corrected chi connectivity index (χ1v) is 13.2. The van der Waals surface area contributed by atoms with Crippen LogP contribution in [-0.2, 0) is 6.61 Å². The molecule has 0 saturated heterocycles. The minimum Gasteiger partial charge on any atom is -0.494 e. The Morgan fingerprint density at radius 2 is 1.46 bits per heavy atom. The molecular weight excluding hydrogens is 520 g/mol. The zero-order valence-electron chi connectivity index (χ0n) is 23.3. The van der Waals surface area contributed by atoms with E-state index in [9.17, 15) is 9.59 Å². The van der Waals surface area contributed by atoms with Gasteiger partial charge in [0.05, 0.1) is 25.5 Å². The van der Waals surface area contributed by atoms with Crippen LogP contribution in [-0.4, -0.2) is 31.8 Å². The van der Waals surface area contributed by atoms with Crippen molar-refractivity contribution in [1.82, 2.24) is 5.43 Å². The van der Waals surface area contributed by atoms with Gasteiger partial charge < -0.3 is 18.9 Å². The van der Waals surface area contributed by atoms with Gasteiger partial charge in [0.2, 0.25) is 0 Å². The van der Waals surface area contributed by atoms with Gasteiger partial charge in [-0.15, -0.1) is 0 Å². The maximum atomic E-state index is 12.6. The van der Waals surface area contributed by atoms with Crippen LogP contribution in [0.1, 0.15) is 50.8 Å². The summed E-state index contributed by atoms with van der Waals surface area (Å²) in [7, 11) is 1.48. The summed E-state index contributed by atoms with van der Waals surface area (Å²) in [5.74, 6) is 1.07. The normalized spacial score (nSPS) is 10.7. The van der Waals surface area contributed by atoms with E-state index in [2.05, 4.69) is 10.5 Å². The number of nitrogens with zero attached hydrogens (tertiary/aromatic N) is 1. The summed E-state index contributed by atoms with van der Waals surface area (Å²) in [6, 6.07) is 26.7. The predicted octanol–water partition coefficient (Wildman–Crippen LogP) is 6.35. The second kappa shape index (κ2) is 14.3. The van der Waals surface area contributed by atoms with Crippen LogP contribution < -0.4 is 24.4 Å². The summed E-state index contributed by atoms with van der Waals surface area (Å²) < 4.78 is 22.3. The zero-order chi connectivity index (χ0) is 29.0. The van der Waals surface area contributed by atoms with Crippen molar-refractivity contribution >= 4 is 18.1 Å². The molecule has 4 aromatic rings. The fourth-order valence-electron chi connectivity index (χ4n) is 3.70. The maximum Gasteiger partial charge on any atom is 0.343 e. The van der Waals surface area contributed by atoms with Gasteiger partial charge in [-0.25, -0.2) is 10.2 Å². The standard InChI is InChI=1S/C33H32N2O6/c1-4-19-39-28-16-12-27(13-17-28)33(37)41-30-18-9-25(20-31(30)38-3)21-34-35-32(36)26-10-14-29(15-11-26)40-22-24-7-5-23(2)6-8-24/h5-18,20-21H,4,19,22H2,1-3H3,(H,35,36)/b34-21-. The highest BCUT2D eigenvalue weighted by atomic mass is 16.6. The fourth-order valence-corrected chi connectivity index (χ4v) is 3.70. The molecule has 1 amide bonds. The number of hydrogen-bond acceptors (Lipinski definition) is 7. The molecule has 0 heterocycles. The SMILES string of the molecule is CCCOc1ccc(C(=O)Oc2ccc(/C=N\NC(=O)c3ccc(OCc4ccc(C)cc4)cc3)cc2OC)cc1. The van der Waals surface area contributed by atoms with Crippen molar-refractivity contribution < 1.29 is 28.5 Å². The van der Waals surface area contributed by atoms with Gasteiger partial charge in [0, 0.05) is 5.56 Å². The molecule has 1 N–H and O–H groups in total. The molecule has 0 unspecified atom stereocenters. The number of carbonyl (C=O) groups is 2. The van der Waals surface area contributed by atoms with Crippen molar-refractivity contribution in [1.29, 1.82) is 0 Å². The molecule has 8 nitrogen and oxygen atoms in total. The average molecular weight is 553 g/mol. The van der Waals surface area contributed by atoms with E-state index in [0.29, 0.717) is 47.2 Å². The molecule has 4 aromatic carbocycles. The van der Waals surface area contributed by atoms with Crippen molar-refractivity contribution in [3.05, 3.63) is 119 Å². The lowest BCUT2D eigenvalue weighted by molar-refractivity contribution is 0.0729.